The number of aromatic nitrogens is 2. The predicted octanol–water partition coefficient (Wildman–Crippen LogP) is 4.13. The summed E-state index contributed by atoms with van der Waals surface area (Å²) in [5.74, 6) is -0.0249. The van der Waals surface area contributed by atoms with Crippen LogP contribution in [-0.2, 0) is 4.79 Å². The van der Waals surface area contributed by atoms with E-state index in [2.05, 4.69) is 30.2 Å². The molecule has 2 aromatic carbocycles. The van der Waals surface area contributed by atoms with Crippen LogP contribution in [-0.4, -0.2) is 26.1 Å². The van der Waals surface area contributed by atoms with Crippen molar-refractivity contribution < 1.29 is 9.72 Å². The number of anilines is 1. The van der Waals surface area contributed by atoms with Crippen molar-refractivity contribution in [2.75, 3.05) is 11.1 Å². The maximum atomic E-state index is 12.2. The van der Waals surface area contributed by atoms with Crippen molar-refractivity contribution in [3.05, 3.63) is 76.1 Å². The van der Waals surface area contributed by atoms with E-state index in [4.69, 9.17) is 0 Å². The van der Waals surface area contributed by atoms with Crippen LogP contribution in [0.25, 0.3) is 5.69 Å². The topological polar surface area (TPSA) is 90.1 Å². The van der Waals surface area contributed by atoms with Gasteiger partial charge in [-0.1, -0.05) is 23.9 Å². The number of non-ortho nitro benzene ring substituents is 1. The zero-order valence-corrected chi connectivity index (χ0v) is 15.7. The maximum absolute atomic E-state index is 12.2. The molecule has 138 valence electrons. The number of benzene rings is 2. The Balaban J connectivity index is 1.65. The predicted molar refractivity (Wildman–Crippen MR) is 105 cm³/mol. The molecule has 0 fully saturated rings. The van der Waals surface area contributed by atoms with E-state index >= 15 is 0 Å². The van der Waals surface area contributed by atoms with Gasteiger partial charge in [-0.15, -0.1) is 0 Å². The smallest absolute Gasteiger partial charge is 0.269 e. The van der Waals surface area contributed by atoms with Gasteiger partial charge in [0.15, 0.2) is 5.16 Å². The number of hydrogen-bond donors (Lipinski definition) is 1. The number of carbonyl (C=O) groups excluding carboxylic acids is 1. The van der Waals surface area contributed by atoms with Crippen molar-refractivity contribution in [1.82, 2.24) is 9.55 Å². The number of hydrogen-bond acceptors (Lipinski definition) is 5. The molecule has 0 aliphatic heterocycles. The van der Waals surface area contributed by atoms with Crippen LogP contribution in [0.15, 0.2) is 60.0 Å². The fourth-order valence-corrected chi connectivity index (χ4v) is 3.34. The molecule has 1 N–H and O–H groups in total. The number of amides is 1. The lowest BCUT2D eigenvalue weighted by atomic mass is 10.1. The SMILES string of the molecule is Cc1cccc(-n2ccnc2SCC(=O)Nc2ccc([N+](=O)[O-])cc2)c1C. The summed E-state index contributed by atoms with van der Waals surface area (Å²) >= 11 is 1.33. The summed E-state index contributed by atoms with van der Waals surface area (Å²) in [6.07, 6.45) is 3.58. The van der Waals surface area contributed by atoms with Gasteiger partial charge in [-0.2, -0.15) is 0 Å². The standard InChI is InChI=1S/C19H18N4O3S/c1-13-4-3-5-17(14(13)2)22-11-10-20-19(22)27-12-18(24)21-15-6-8-16(9-7-15)23(25)26/h3-11H,12H2,1-2H3,(H,21,24). The molecule has 0 saturated heterocycles. The monoisotopic (exact) mass is 382 g/mol. The number of nitrogens with zero attached hydrogens (tertiary/aromatic N) is 3. The molecule has 3 aromatic rings. The third-order valence-corrected chi connectivity index (χ3v) is 5.10. The summed E-state index contributed by atoms with van der Waals surface area (Å²) in [6, 6.07) is 11.8. The van der Waals surface area contributed by atoms with Gasteiger partial charge in [0.2, 0.25) is 5.91 Å². The average Bonchev–Trinajstić information content (AvgIpc) is 3.11. The Kier molecular flexibility index (Phi) is 5.56. The van der Waals surface area contributed by atoms with Gasteiger partial charge in [-0.25, -0.2) is 4.98 Å². The molecule has 1 amide bonds. The lowest BCUT2D eigenvalue weighted by Crippen LogP contribution is -2.14. The fourth-order valence-electron chi connectivity index (χ4n) is 2.57. The first-order valence-electron chi connectivity index (χ1n) is 8.23. The van der Waals surface area contributed by atoms with E-state index in [0.717, 1.165) is 16.4 Å². The van der Waals surface area contributed by atoms with Gasteiger partial charge >= 0.3 is 0 Å². The highest BCUT2D eigenvalue weighted by Crippen LogP contribution is 2.24. The summed E-state index contributed by atoms with van der Waals surface area (Å²) in [7, 11) is 0. The van der Waals surface area contributed by atoms with Crippen LogP contribution in [0.2, 0.25) is 0 Å². The van der Waals surface area contributed by atoms with Gasteiger partial charge in [0.1, 0.15) is 0 Å². The van der Waals surface area contributed by atoms with Crippen molar-refractivity contribution in [2.24, 2.45) is 0 Å². The third kappa shape index (κ3) is 4.35. The largest absolute Gasteiger partial charge is 0.325 e. The molecule has 0 aliphatic carbocycles. The van der Waals surface area contributed by atoms with Crippen LogP contribution in [0.3, 0.4) is 0 Å². The first-order chi connectivity index (χ1) is 13.0. The Bertz CT molecular complexity index is 983. The Morgan fingerprint density at radius 3 is 2.67 bits per heavy atom. The molecule has 1 heterocycles. The number of nitrogens with one attached hydrogen (secondary N) is 1. The Morgan fingerprint density at radius 1 is 1.22 bits per heavy atom. The van der Waals surface area contributed by atoms with E-state index in [9.17, 15) is 14.9 Å². The number of thioether (sulfide) groups is 1. The van der Waals surface area contributed by atoms with E-state index in [1.807, 2.05) is 22.9 Å². The lowest BCUT2D eigenvalue weighted by Gasteiger charge is -2.12. The van der Waals surface area contributed by atoms with E-state index in [0.29, 0.717) is 5.69 Å². The molecule has 0 radical (unpaired) electrons. The number of rotatable bonds is 6. The number of imidazole rings is 1. The van der Waals surface area contributed by atoms with Crippen molar-refractivity contribution in [2.45, 2.75) is 19.0 Å². The molecule has 8 heteroatoms. The zero-order chi connectivity index (χ0) is 19.4. The van der Waals surface area contributed by atoms with Gasteiger partial charge in [-0.05, 0) is 43.2 Å². The van der Waals surface area contributed by atoms with Gasteiger partial charge in [0.25, 0.3) is 5.69 Å². The summed E-state index contributed by atoms with van der Waals surface area (Å²) in [5, 5.41) is 14.1. The summed E-state index contributed by atoms with van der Waals surface area (Å²) in [4.78, 5) is 26.7. The maximum Gasteiger partial charge on any atom is 0.269 e. The first kappa shape index (κ1) is 18.7. The molecule has 0 bridgehead atoms. The number of nitro groups is 1. The Morgan fingerprint density at radius 2 is 1.96 bits per heavy atom. The van der Waals surface area contributed by atoms with Crippen LogP contribution in [0.4, 0.5) is 11.4 Å². The van der Waals surface area contributed by atoms with Crippen LogP contribution in [0, 0.1) is 24.0 Å². The van der Waals surface area contributed by atoms with Crippen molar-refractivity contribution >= 4 is 29.0 Å². The number of aryl methyl sites for hydroxylation is 1. The number of nitro benzene ring substituents is 1. The molecule has 0 saturated carbocycles. The quantitative estimate of drug-likeness (QED) is 0.393. The van der Waals surface area contributed by atoms with Crippen LogP contribution in [0.5, 0.6) is 0 Å². The minimum absolute atomic E-state index is 0.0158. The molecule has 0 atom stereocenters. The van der Waals surface area contributed by atoms with Gasteiger partial charge < -0.3 is 5.32 Å². The van der Waals surface area contributed by atoms with Crippen molar-refractivity contribution in [1.29, 1.82) is 0 Å². The van der Waals surface area contributed by atoms with Crippen LogP contribution in [0.1, 0.15) is 11.1 Å². The van der Waals surface area contributed by atoms with Crippen LogP contribution < -0.4 is 5.32 Å². The highest BCUT2D eigenvalue weighted by Gasteiger charge is 2.12. The van der Waals surface area contributed by atoms with E-state index in [1.54, 1.807) is 6.20 Å². The molecular formula is C19H18N4O3S. The highest BCUT2D eigenvalue weighted by molar-refractivity contribution is 7.99. The summed E-state index contributed by atoms with van der Waals surface area (Å²) in [5.41, 5.74) is 3.88. The Hall–Kier alpha value is -3.13. The molecule has 1 aromatic heterocycles. The normalized spacial score (nSPS) is 10.6. The number of carbonyl (C=O) groups is 1. The van der Waals surface area contributed by atoms with Gasteiger partial charge in [0.05, 0.1) is 16.4 Å². The van der Waals surface area contributed by atoms with E-state index in [1.165, 1.54) is 41.6 Å². The highest BCUT2D eigenvalue weighted by atomic mass is 32.2. The van der Waals surface area contributed by atoms with Gasteiger partial charge in [0, 0.05) is 30.2 Å². The molecule has 0 spiro atoms. The molecule has 0 aliphatic rings. The van der Waals surface area contributed by atoms with E-state index < -0.39 is 4.92 Å². The van der Waals surface area contributed by atoms with Crippen molar-refractivity contribution in [3.63, 3.8) is 0 Å². The average molecular weight is 382 g/mol. The van der Waals surface area contributed by atoms with Crippen molar-refractivity contribution in [3.8, 4) is 5.69 Å². The molecular weight excluding hydrogens is 364 g/mol. The second-order valence-electron chi connectivity index (χ2n) is 5.94. The first-order valence-corrected chi connectivity index (χ1v) is 9.21. The molecule has 0 unspecified atom stereocenters. The lowest BCUT2D eigenvalue weighted by molar-refractivity contribution is -0.384. The van der Waals surface area contributed by atoms with Crippen LogP contribution >= 0.6 is 11.8 Å². The van der Waals surface area contributed by atoms with Gasteiger partial charge in [-0.3, -0.25) is 19.5 Å². The third-order valence-electron chi connectivity index (χ3n) is 4.14. The molecule has 7 nitrogen and oxygen atoms in total. The van der Waals surface area contributed by atoms with E-state index in [-0.39, 0.29) is 17.3 Å². The second kappa shape index (κ2) is 8.05. The minimum atomic E-state index is -0.478. The second-order valence-corrected chi connectivity index (χ2v) is 6.88. The molecule has 3 rings (SSSR count). The zero-order valence-electron chi connectivity index (χ0n) is 14.9. The fraction of sp³-hybridized carbons (Fsp3) is 0.158. The Labute approximate surface area is 160 Å². The summed E-state index contributed by atoms with van der Waals surface area (Å²) < 4.78 is 1.96. The minimum Gasteiger partial charge on any atom is -0.325 e. The summed E-state index contributed by atoms with van der Waals surface area (Å²) in [6.45, 7) is 4.11. The molecule has 27 heavy (non-hydrogen) atoms.